The number of hydrogen-bond acceptors (Lipinski definition) is 5. The van der Waals surface area contributed by atoms with Gasteiger partial charge in [0.05, 0.1) is 11.3 Å². The molecule has 1 heterocycles. The lowest BCUT2D eigenvalue weighted by Crippen LogP contribution is -2.14. The maximum atomic E-state index is 12.1. The number of fused-ring (bicyclic) bond motifs is 1. The van der Waals surface area contributed by atoms with E-state index in [0.717, 1.165) is 10.9 Å². The molecule has 0 saturated carbocycles. The molecule has 0 aliphatic rings. The number of aromatic nitrogens is 1. The molecule has 0 aliphatic carbocycles. The van der Waals surface area contributed by atoms with E-state index in [-0.39, 0.29) is 18.0 Å². The van der Waals surface area contributed by atoms with Crippen LogP contribution in [0.25, 0.3) is 11.0 Å². The average Bonchev–Trinajstić information content (AvgIpc) is 2.89. The number of anilines is 1. The maximum Gasteiger partial charge on any atom is 0.271 e. The van der Waals surface area contributed by atoms with Gasteiger partial charge in [-0.3, -0.25) is 14.9 Å². The van der Waals surface area contributed by atoms with E-state index in [2.05, 4.69) is 10.5 Å². The molecule has 0 unspecified atom stereocenters. The predicted octanol–water partition coefficient (Wildman–Crippen LogP) is 3.23. The number of hydrogen-bond donors (Lipinski definition) is 1. The first-order chi connectivity index (χ1) is 11.0. The van der Waals surface area contributed by atoms with Crippen LogP contribution in [0, 0.1) is 17.0 Å². The Labute approximate surface area is 131 Å². The third-order valence-corrected chi connectivity index (χ3v) is 3.37. The molecule has 7 heteroatoms. The number of carbonyl (C=O) groups is 1. The second-order valence-electron chi connectivity index (χ2n) is 5.16. The first kappa shape index (κ1) is 14.7. The fraction of sp³-hybridized carbons (Fsp3) is 0.125. The van der Waals surface area contributed by atoms with Crippen molar-refractivity contribution in [1.29, 1.82) is 0 Å². The second kappa shape index (κ2) is 5.88. The zero-order valence-electron chi connectivity index (χ0n) is 12.3. The summed E-state index contributed by atoms with van der Waals surface area (Å²) in [4.78, 5) is 22.4. The van der Waals surface area contributed by atoms with E-state index < -0.39 is 4.92 Å². The van der Waals surface area contributed by atoms with Crippen LogP contribution in [0.4, 0.5) is 11.4 Å². The molecule has 0 saturated heterocycles. The standard InChI is InChI=1S/C16H13N3O4/c1-10-5-6-15-13(7-10)14(18-23-15)9-16(20)17-11-3-2-4-12(8-11)19(21)22/h2-8H,9H2,1H3,(H,17,20). The Hall–Kier alpha value is -3.22. The van der Waals surface area contributed by atoms with Gasteiger partial charge < -0.3 is 9.84 Å². The highest BCUT2D eigenvalue weighted by Gasteiger charge is 2.14. The van der Waals surface area contributed by atoms with Crippen molar-refractivity contribution in [2.75, 3.05) is 5.32 Å². The molecule has 0 bridgehead atoms. The second-order valence-corrected chi connectivity index (χ2v) is 5.16. The van der Waals surface area contributed by atoms with Crippen LogP contribution >= 0.6 is 0 Å². The van der Waals surface area contributed by atoms with Gasteiger partial charge in [-0.25, -0.2) is 0 Å². The molecule has 2 aromatic carbocycles. The smallest absolute Gasteiger partial charge is 0.271 e. The molecule has 0 fully saturated rings. The molecule has 3 aromatic rings. The zero-order valence-corrected chi connectivity index (χ0v) is 12.3. The largest absolute Gasteiger partial charge is 0.356 e. The normalized spacial score (nSPS) is 10.7. The summed E-state index contributed by atoms with van der Waals surface area (Å²) >= 11 is 0. The Morgan fingerprint density at radius 2 is 2.13 bits per heavy atom. The number of amides is 1. The monoisotopic (exact) mass is 311 g/mol. The molecular formula is C16H13N3O4. The van der Waals surface area contributed by atoms with Gasteiger partial charge in [-0.1, -0.05) is 22.9 Å². The van der Waals surface area contributed by atoms with Crippen LogP contribution in [-0.4, -0.2) is 16.0 Å². The first-order valence-electron chi connectivity index (χ1n) is 6.92. The third-order valence-electron chi connectivity index (χ3n) is 3.37. The number of aryl methyl sites for hydroxylation is 1. The van der Waals surface area contributed by atoms with E-state index in [4.69, 9.17) is 4.52 Å². The van der Waals surface area contributed by atoms with Crippen LogP contribution in [0.2, 0.25) is 0 Å². The van der Waals surface area contributed by atoms with Crippen LogP contribution in [0.5, 0.6) is 0 Å². The van der Waals surface area contributed by atoms with Gasteiger partial charge in [-0.2, -0.15) is 0 Å². The molecule has 0 atom stereocenters. The van der Waals surface area contributed by atoms with Crippen molar-refractivity contribution in [3.63, 3.8) is 0 Å². The quantitative estimate of drug-likeness (QED) is 0.589. The van der Waals surface area contributed by atoms with Crippen LogP contribution in [0.3, 0.4) is 0 Å². The molecule has 116 valence electrons. The summed E-state index contributed by atoms with van der Waals surface area (Å²) in [5, 5.41) is 18.1. The summed E-state index contributed by atoms with van der Waals surface area (Å²) in [7, 11) is 0. The van der Waals surface area contributed by atoms with E-state index in [0.29, 0.717) is 17.0 Å². The minimum atomic E-state index is -0.510. The molecule has 1 N–H and O–H groups in total. The van der Waals surface area contributed by atoms with Gasteiger partial charge in [0, 0.05) is 23.2 Å². The number of carbonyl (C=O) groups excluding carboxylic acids is 1. The lowest BCUT2D eigenvalue weighted by Gasteiger charge is -2.03. The fourth-order valence-electron chi connectivity index (χ4n) is 2.28. The summed E-state index contributed by atoms with van der Waals surface area (Å²) in [6.07, 6.45) is 0.0269. The van der Waals surface area contributed by atoms with E-state index in [1.165, 1.54) is 18.2 Å². The predicted molar refractivity (Wildman–Crippen MR) is 84.2 cm³/mol. The van der Waals surface area contributed by atoms with Crippen molar-refractivity contribution in [2.24, 2.45) is 0 Å². The highest BCUT2D eigenvalue weighted by molar-refractivity contribution is 5.95. The van der Waals surface area contributed by atoms with Crippen molar-refractivity contribution in [2.45, 2.75) is 13.3 Å². The molecule has 23 heavy (non-hydrogen) atoms. The average molecular weight is 311 g/mol. The summed E-state index contributed by atoms with van der Waals surface area (Å²) in [6, 6.07) is 11.4. The molecular weight excluding hydrogens is 298 g/mol. The molecule has 1 aromatic heterocycles. The first-order valence-corrected chi connectivity index (χ1v) is 6.92. The van der Waals surface area contributed by atoms with E-state index >= 15 is 0 Å². The van der Waals surface area contributed by atoms with Crippen molar-refractivity contribution < 1.29 is 14.2 Å². The molecule has 0 aliphatic heterocycles. The Kier molecular flexibility index (Phi) is 3.76. The number of nitrogens with one attached hydrogen (secondary N) is 1. The van der Waals surface area contributed by atoms with Crippen LogP contribution in [-0.2, 0) is 11.2 Å². The van der Waals surface area contributed by atoms with E-state index in [9.17, 15) is 14.9 Å². The Bertz CT molecular complexity index is 901. The summed E-state index contributed by atoms with van der Waals surface area (Å²) < 4.78 is 5.19. The summed E-state index contributed by atoms with van der Waals surface area (Å²) in [6.45, 7) is 1.94. The molecule has 7 nitrogen and oxygen atoms in total. The summed E-state index contributed by atoms with van der Waals surface area (Å²) in [5.74, 6) is -0.317. The lowest BCUT2D eigenvalue weighted by molar-refractivity contribution is -0.384. The van der Waals surface area contributed by atoms with Gasteiger partial charge >= 0.3 is 0 Å². The van der Waals surface area contributed by atoms with Gasteiger partial charge in [0.2, 0.25) is 5.91 Å². The lowest BCUT2D eigenvalue weighted by atomic mass is 10.1. The minimum absolute atomic E-state index is 0.0269. The maximum absolute atomic E-state index is 12.1. The number of non-ortho nitro benzene ring substituents is 1. The number of nitro benzene ring substituents is 1. The van der Waals surface area contributed by atoms with Gasteiger partial charge in [0.1, 0.15) is 5.69 Å². The van der Waals surface area contributed by atoms with Crippen LogP contribution in [0.15, 0.2) is 47.0 Å². The van der Waals surface area contributed by atoms with Crippen molar-refractivity contribution in [3.8, 4) is 0 Å². The van der Waals surface area contributed by atoms with Gasteiger partial charge in [-0.05, 0) is 25.1 Å². The highest BCUT2D eigenvalue weighted by atomic mass is 16.6. The molecule has 0 spiro atoms. The van der Waals surface area contributed by atoms with Crippen molar-refractivity contribution in [3.05, 3.63) is 63.8 Å². The fourth-order valence-corrected chi connectivity index (χ4v) is 2.28. The Morgan fingerprint density at radius 1 is 1.30 bits per heavy atom. The Balaban J connectivity index is 1.77. The minimum Gasteiger partial charge on any atom is -0.356 e. The van der Waals surface area contributed by atoms with Crippen LogP contribution in [0.1, 0.15) is 11.3 Å². The number of benzene rings is 2. The van der Waals surface area contributed by atoms with Gasteiger partial charge in [0.15, 0.2) is 5.58 Å². The highest BCUT2D eigenvalue weighted by Crippen LogP contribution is 2.21. The molecule has 0 radical (unpaired) electrons. The number of nitro groups is 1. The number of rotatable bonds is 4. The summed E-state index contributed by atoms with van der Waals surface area (Å²) in [5.41, 5.74) is 2.49. The van der Waals surface area contributed by atoms with E-state index in [1.807, 2.05) is 19.1 Å². The van der Waals surface area contributed by atoms with Crippen molar-refractivity contribution >= 4 is 28.3 Å². The molecule has 1 amide bonds. The topological polar surface area (TPSA) is 98.3 Å². The van der Waals surface area contributed by atoms with Crippen molar-refractivity contribution in [1.82, 2.24) is 5.16 Å². The SMILES string of the molecule is Cc1ccc2onc(CC(=O)Nc3cccc([N+](=O)[O-])c3)c2c1. The Morgan fingerprint density at radius 3 is 2.91 bits per heavy atom. The number of nitrogens with zero attached hydrogens (tertiary/aromatic N) is 2. The van der Waals surface area contributed by atoms with Crippen LogP contribution < -0.4 is 5.32 Å². The third kappa shape index (κ3) is 3.18. The van der Waals surface area contributed by atoms with Gasteiger partial charge in [0.25, 0.3) is 5.69 Å². The van der Waals surface area contributed by atoms with Gasteiger partial charge in [-0.15, -0.1) is 0 Å². The zero-order chi connectivity index (χ0) is 16.4. The molecule has 3 rings (SSSR count). The van der Waals surface area contributed by atoms with E-state index in [1.54, 1.807) is 12.1 Å².